The summed E-state index contributed by atoms with van der Waals surface area (Å²) in [6.45, 7) is 0.997. The lowest BCUT2D eigenvalue weighted by molar-refractivity contribution is 0.0885. The van der Waals surface area contributed by atoms with Gasteiger partial charge in [0.1, 0.15) is 0 Å². The molecule has 1 heterocycles. The van der Waals surface area contributed by atoms with Crippen LogP contribution in [0.15, 0.2) is 12.1 Å². The Morgan fingerprint density at radius 2 is 1.86 bits per heavy atom. The molecule has 7 nitrogen and oxygen atoms in total. The molecule has 0 aromatic heterocycles. The van der Waals surface area contributed by atoms with Crippen LogP contribution >= 0.6 is 12.4 Å². The van der Waals surface area contributed by atoms with Crippen LogP contribution in [0.5, 0.6) is 17.2 Å². The van der Waals surface area contributed by atoms with Gasteiger partial charge in [-0.05, 0) is 12.1 Å². The number of carbonyl (C=O) groups is 1. The number of amides is 1. The van der Waals surface area contributed by atoms with Crippen LogP contribution in [0.2, 0.25) is 0 Å². The molecule has 1 aromatic carbocycles. The minimum Gasteiger partial charge on any atom is -0.493 e. The Morgan fingerprint density at radius 1 is 1.18 bits per heavy atom. The van der Waals surface area contributed by atoms with Gasteiger partial charge in [-0.15, -0.1) is 12.4 Å². The number of halogens is 1. The number of carbonyl (C=O) groups excluding carboxylic acids is 1. The summed E-state index contributed by atoms with van der Waals surface area (Å²) in [5.74, 6) is 0.807. The quantitative estimate of drug-likeness (QED) is 0.713. The third kappa shape index (κ3) is 3.55. The van der Waals surface area contributed by atoms with Crippen molar-refractivity contribution in [3.63, 3.8) is 0 Å². The maximum absolute atomic E-state index is 12.4. The van der Waals surface area contributed by atoms with Crippen LogP contribution in [-0.2, 0) is 0 Å². The van der Waals surface area contributed by atoms with Crippen molar-refractivity contribution in [1.29, 1.82) is 0 Å². The zero-order valence-electron chi connectivity index (χ0n) is 12.7. The van der Waals surface area contributed by atoms with E-state index in [0.717, 1.165) is 0 Å². The second-order valence-corrected chi connectivity index (χ2v) is 4.69. The number of nitrogens with one attached hydrogen (secondary N) is 2. The number of hydrogen-bond acceptors (Lipinski definition) is 6. The summed E-state index contributed by atoms with van der Waals surface area (Å²) in [4.78, 5) is 12.4. The summed E-state index contributed by atoms with van der Waals surface area (Å²) in [6.07, 6.45) is -0.597. The van der Waals surface area contributed by atoms with E-state index in [0.29, 0.717) is 35.9 Å². The smallest absolute Gasteiger partial charge is 0.255 e. The van der Waals surface area contributed by atoms with E-state index in [-0.39, 0.29) is 24.4 Å². The zero-order chi connectivity index (χ0) is 15.4. The number of hydrogen-bond donors (Lipinski definition) is 3. The van der Waals surface area contributed by atoms with Crippen LogP contribution in [0.25, 0.3) is 0 Å². The highest BCUT2D eigenvalue weighted by molar-refractivity contribution is 5.98. The zero-order valence-corrected chi connectivity index (χ0v) is 13.5. The van der Waals surface area contributed by atoms with Crippen molar-refractivity contribution < 1.29 is 24.1 Å². The van der Waals surface area contributed by atoms with Gasteiger partial charge in [-0.3, -0.25) is 4.79 Å². The highest BCUT2D eigenvalue weighted by Crippen LogP contribution is 2.39. The van der Waals surface area contributed by atoms with Crippen LogP contribution in [-0.4, -0.2) is 57.6 Å². The normalized spacial score (nSPS) is 20.0. The largest absolute Gasteiger partial charge is 0.493 e. The molecule has 1 aliphatic rings. The van der Waals surface area contributed by atoms with Gasteiger partial charge >= 0.3 is 0 Å². The Morgan fingerprint density at radius 3 is 2.36 bits per heavy atom. The van der Waals surface area contributed by atoms with Crippen LogP contribution in [0, 0.1) is 0 Å². The van der Waals surface area contributed by atoms with Crippen molar-refractivity contribution >= 4 is 18.3 Å². The average Bonchev–Trinajstić information content (AvgIpc) is 2.90. The van der Waals surface area contributed by atoms with Crippen molar-refractivity contribution in [3.8, 4) is 17.2 Å². The van der Waals surface area contributed by atoms with Gasteiger partial charge in [0.2, 0.25) is 5.75 Å². The molecular formula is C14H21ClN2O5. The van der Waals surface area contributed by atoms with E-state index < -0.39 is 6.10 Å². The summed E-state index contributed by atoms with van der Waals surface area (Å²) in [6, 6.07) is 2.92. The third-order valence-corrected chi connectivity index (χ3v) is 3.45. The van der Waals surface area contributed by atoms with Crippen molar-refractivity contribution in [2.24, 2.45) is 0 Å². The first-order chi connectivity index (χ1) is 10.1. The molecule has 8 heteroatoms. The van der Waals surface area contributed by atoms with Gasteiger partial charge < -0.3 is 30.0 Å². The first kappa shape index (κ1) is 18.3. The molecule has 0 unspecified atom stereocenters. The Labute approximate surface area is 135 Å². The molecular weight excluding hydrogens is 312 g/mol. The van der Waals surface area contributed by atoms with Crippen LogP contribution in [0.3, 0.4) is 0 Å². The van der Waals surface area contributed by atoms with E-state index in [4.69, 9.17) is 14.2 Å². The summed E-state index contributed by atoms with van der Waals surface area (Å²) in [5.41, 5.74) is 0.328. The Bertz CT molecular complexity index is 526. The fourth-order valence-corrected chi connectivity index (χ4v) is 2.34. The topological polar surface area (TPSA) is 89.1 Å². The van der Waals surface area contributed by atoms with Crippen molar-refractivity contribution in [2.45, 2.75) is 12.1 Å². The van der Waals surface area contributed by atoms with Crippen LogP contribution in [0.1, 0.15) is 10.4 Å². The summed E-state index contributed by atoms with van der Waals surface area (Å²) >= 11 is 0. The van der Waals surface area contributed by atoms with Gasteiger partial charge in [-0.2, -0.15) is 0 Å². The molecule has 2 rings (SSSR count). The van der Waals surface area contributed by atoms with E-state index in [9.17, 15) is 9.90 Å². The fraction of sp³-hybridized carbons (Fsp3) is 0.500. The second kappa shape index (κ2) is 8.07. The van der Waals surface area contributed by atoms with E-state index in [1.807, 2.05) is 0 Å². The predicted octanol–water partition coefficient (Wildman–Crippen LogP) is 0.197. The molecule has 1 fully saturated rings. The molecule has 1 aliphatic heterocycles. The van der Waals surface area contributed by atoms with Crippen molar-refractivity contribution in [2.75, 3.05) is 34.4 Å². The van der Waals surface area contributed by atoms with Gasteiger partial charge in [0, 0.05) is 13.1 Å². The summed E-state index contributed by atoms with van der Waals surface area (Å²) in [7, 11) is 4.45. The number of β-amino-alcohol motifs (C(OH)–C–C–N with tert-alkyl or cyclic N) is 1. The molecule has 1 aromatic rings. The molecule has 1 saturated heterocycles. The SMILES string of the molecule is COc1ccc(C(=O)N[C@@H]2CNC[C@H]2O)c(OC)c1OC.Cl. The summed E-state index contributed by atoms with van der Waals surface area (Å²) in [5, 5.41) is 15.5. The Balaban J connectivity index is 0.00000242. The molecule has 0 spiro atoms. The number of benzene rings is 1. The predicted molar refractivity (Wildman–Crippen MR) is 83.5 cm³/mol. The lowest BCUT2D eigenvalue weighted by Gasteiger charge is -2.18. The average molecular weight is 333 g/mol. The van der Waals surface area contributed by atoms with Crippen LogP contribution < -0.4 is 24.8 Å². The maximum Gasteiger partial charge on any atom is 0.255 e. The number of rotatable bonds is 5. The molecule has 0 radical (unpaired) electrons. The number of ether oxygens (including phenoxy) is 3. The van der Waals surface area contributed by atoms with Gasteiger partial charge in [-0.1, -0.05) is 0 Å². The second-order valence-electron chi connectivity index (χ2n) is 4.69. The minimum atomic E-state index is -0.597. The first-order valence-corrected chi connectivity index (χ1v) is 6.61. The monoisotopic (exact) mass is 332 g/mol. The van der Waals surface area contributed by atoms with Crippen molar-refractivity contribution in [1.82, 2.24) is 10.6 Å². The molecule has 0 saturated carbocycles. The molecule has 0 bridgehead atoms. The number of methoxy groups -OCH3 is 3. The lowest BCUT2D eigenvalue weighted by atomic mass is 10.1. The molecule has 3 N–H and O–H groups in total. The highest BCUT2D eigenvalue weighted by Gasteiger charge is 2.28. The summed E-state index contributed by atoms with van der Waals surface area (Å²) < 4.78 is 15.7. The van der Waals surface area contributed by atoms with Gasteiger partial charge in [-0.25, -0.2) is 0 Å². The van der Waals surface area contributed by atoms with E-state index in [1.54, 1.807) is 12.1 Å². The first-order valence-electron chi connectivity index (χ1n) is 6.61. The van der Waals surface area contributed by atoms with E-state index >= 15 is 0 Å². The Kier molecular flexibility index (Phi) is 6.73. The highest BCUT2D eigenvalue weighted by atomic mass is 35.5. The third-order valence-electron chi connectivity index (χ3n) is 3.45. The lowest BCUT2D eigenvalue weighted by Crippen LogP contribution is -2.42. The molecule has 0 aliphatic carbocycles. The van der Waals surface area contributed by atoms with Crippen LogP contribution in [0.4, 0.5) is 0 Å². The maximum atomic E-state index is 12.4. The van der Waals surface area contributed by atoms with Gasteiger partial charge in [0.05, 0.1) is 39.0 Å². The standard InChI is InChI=1S/C14H20N2O5.ClH/c1-19-11-5-4-8(12(20-2)13(11)21-3)14(18)16-9-6-15-7-10(9)17;/h4-5,9-10,15,17H,6-7H2,1-3H3,(H,16,18);1H/t9-,10-;/m1./s1. The van der Waals surface area contributed by atoms with E-state index in [1.165, 1.54) is 21.3 Å². The number of aliphatic hydroxyl groups excluding tert-OH is 1. The molecule has 2 atom stereocenters. The van der Waals surface area contributed by atoms with E-state index in [2.05, 4.69) is 10.6 Å². The van der Waals surface area contributed by atoms with Gasteiger partial charge in [0.15, 0.2) is 11.5 Å². The molecule has 124 valence electrons. The fourth-order valence-electron chi connectivity index (χ4n) is 2.34. The molecule has 22 heavy (non-hydrogen) atoms. The van der Waals surface area contributed by atoms with Gasteiger partial charge in [0.25, 0.3) is 5.91 Å². The van der Waals surface area contributed by atoms with Crippen molar-refractivity contribution in [3.05, 3.63) is 17.7 Å². The number of aliphatic hydroxyl groups is 1. The minimum absolute atomic E-state index is 0. The molecule has 1 amide bonds. The Hall–Kier alpha value is -1.70.